The summed E-state index contributed by atoms with van der Waals surface area (Å²) in [4.78, 5) is 2.50. The molecule has 5 aliphatic rings. The van der Waals surface area contributed by atoms with Gasteiger partial charge in [-0.05, 0) is 55.7 Å². The van der Waals surface area contributed by atoms with Crippen molar-refractivity contribution in [2.45, 2.75) is 0 Å². The lowest BCUT2D eigenvalue weighted by Gasteiger charge is -2.49. The lowest BCUT2D eigenvalue weighted by Crippen LogP contribution is -2.67. The van der Waals surface area contributed by atoms with Crippen molar-refractivity contribution >= 4 is 84.8 Å². The van der Waals surface area contributed by atoms with Gasteiger partial charge < -0.3 is 19.1 Å². The molecule has 4 nitrogen and oxygen atoms in total. The topological polar surface area (TPSA) is 30.9 Å². The van der Waals surface area contributed by atoms with Crippen molar-refractivity contribution in [1.82, 2.24) is 0 Å². The molecule has 6 heteroatoms. The van der Waals surface area contributed by atoms with Crippen LogP contribution in [0.15, 0.2) is 115 Å². The van der Waals surface area contributed by atoms with Gasteiger partial charge in [0.25, 0.3) is 13.4 Å². The van der Waals surface area contributed by atoms with Gasteiger partial charge in [0.2, 0.25) is 0 Å². The summed E-state index contributed by atoms with van der Waals surface area (Å²) >= 11 is 0. The molecule has 0 fully saturated rings. The van der Waals surface area contributed by atoms with E-state index >= 15 is 0 Å². The van der Waals surface area contributed by atoms with Gasteiger partial charge in [0.15, 0.2) is 11.5 Å². The number of rotatable bonds is 0. The van der Waals surface area contributed by atoms with E-state index in [1.54, 1.807) is 0 Å². The zero-order chi connectivity index (χ0) is 28.3. The molecule has 12 rings (SSSR count). The van der Waals surface area contributed by atoms with Crippen LogP contribution in [0.25, 0.3) is 21.5 Å². The highest BCUT2D eigenvalue weighted by atomic mass is 16.5. The van der Waals surface area contributed by atoms with Crippen LogP contribution in [0, 0.1) is 0 Å². The number of ether oxygens (including phenoxy) is 3. The second-order valence-corrected chi connectivity index (χ2v) is 12.4. The summed E-state index contributed by atoms with van der Waals surface area (Å²) in [6.45, 7) is -0.00957. The monoisotopic (exact) mass is 559 g/mol. The molecule has 0 aliphatic carbocycles. The Hall–Kier alpha value is -5.61. The Morgan fingerprint density at radius 1 is 0.409 bits per heavy atom. The summed E-state index contributed by atoms with van der Waals surface area (Å²) in [6, 6.07) is 41.0. The molecule has 7 aromatic rings. The van der Waals surface area contributed by atoms with Crippen molar-refractivity contribution in [3.8, 4) is 34.5 Å². The predicted octanol–water partition coefficient (Wildman–Crippen LogP) is 5.44. The lowest BCUT2D eigenvalue weighted by atomic mass is 9.29. The van der Waals surface area contributed by atoms with E-state index in [-0.39, 0.29) is 13.4 Å². The van der Waals surface area contributed by atoms with Gasteiger partial charge in [-0.25, -0.2) is 0 Å². The number of anilines is 3. The molecule has 5 heterocycles. The molecular weight excluding hydrogens is 540 g/mol. The fraction of sp³-hybridized carbons (Fsp3) is 0. The number of hydrogen-bond acceptors (Lipinski definition) is 4. The molecule has 0 unspecified atom stereocenters. The zero-order valence-electron chi connectivity index (χ0n) is 23.3. The second kappa shape index (κ2) is 7.29. The van der Waals surface area contributed by atoms with Crippen molar-refractivity contribution in [2.75, 3.05) is 4.90 Å². The lowest BCUT2D eigenvalue weighted by molar-refractivity contribution is 0.465. The molecule has 0 radical (unpaired) electrons. The molecule has 0 spiro atoms. The molecule has 5 aliphatic heterocycles. The molecule has 0 atom stereocenters. The van der Waals surface area contributed by atoms with E-state index in [1.165, 1.54) is 49.2 Å². The summed E-state index contributed by atoms with van der Waals surface area (Å²) < 4.78 is 20.7. The van der Waals surface area contributed by atoms with Gasteiger partial charge in [0.1, 0.15) is 23.0 Å². The smallest absolute Gasteiger partial charge is 0.256 e. The number of para-hydroxylation sites is 2. The van der Waals surface area contributed by atoms with Gasteiger partial charge in [0.05, 0.1) is 11.4 Å². The molecule has 0 amide bonds. The van der Waals surface area contributed by atoms with Crippen LogP contribution in [-0.4, -0.2) is 13.4 Å². The fourth-order valence-corrected chi connectivity index (χ4v) is 8.63. The highest BCUT2D eigenvalue weighted by Gasteiger charge is 2.53. The number of nitrogens with zero attached hydrogens (tertiary/aromatic N) is 1. The number of benzene rings is 7. The van der Waals surface area contributed by atoms with Gasteiger partial charge in [0, 0.05) is 22.5 Å². The molecule has 0 saturated carbocycles. The minimum atomic E-state index is -0.00478. The summed E-state index contributed by atoms with van der Waals surface area (Å²) in [5.41, 5.74) is 10.7. The third-order valence-corrected chi connectivity index (χ3v) is 10.3. The van der Waals surface area contributed by atoms with Gasteiger partial charge in [-0.3, -0.25) is 0 Å². The molecule has 44 heavy (non-hydrogen) atoms. The van der Waals surface area contributed by atoms with Crippen LogP contribution in [-0.2, 0) is 0 Å². The van der Waals surface area contributed by atoms with Crippen molar-refractivity contribution in [3.63, 3.8) is 0 Å². The molecule has 0 aromatic heterocycles. The Morgan fingerprint density at radius 2 is 0.886 bits per heavy atom. The van der Waals surface area contributed by atoms with E-state index < -0.39 is 0 Å². The third-order valence-electron chi connectivity index (χ3n) is 10.3. The highest BCUT2D eigenvalue weighted by molar-refractivity contribution is 7.04. The molecule has 200 valence electrons. The Labute approximate surface area is 253 Å². The first-order chi connectivity index (χ1) is 21.8. The van der Waals surface area contributed by atoms with E-state index in [0.29, 0.717) is 0 Å². The first-order valence-electron chi connectivity index (χ1n) is 15.2. The fourth-order valence-electron chi connectivity index (χ4n) is 8.63. The van der Waals surface area contributed by atoms with Crippen LogP contribution >= 0.6 is 0 Å². The molecular formula is C38H19B2NO3. The Kier molecular flexibility index (Phi) is 3.65. The maximum atomic E-state index is 7.23. The van der Waals surface area contributed by atoms with E-state index in [9.17, 15) is 0 Å². The van der Waals surface area contributed by atoms with E-state index in [0.717, 1.165) is 56.6 Å². The van der Waals surface area contributed by atoms with Gasteiger partial charge in [-0.15, -0.1) is 0 Å². The second-order valence-electron chi connectivity index (χ2n) is 12.4. The van der Waals surface area contributed by atoms with Crippen LogP contribution in [0.1, 0.15) is 0 Å². The van der Waals surface area contributed by atoms with Crippen LogP contribution in [0.4, 0.5) is 17.1 Å². The molecule has 0 N–H and O–H groups in total. The van der Waals surface area contributed by atoms with Crippen LogP contribution in [0.3, 0.4) is 0 Å². The largest absolute Gasteiger partial charge is 0.458 e. The number of hydrogen-bond donors (Lipinski definition) is 0. The Balaban J connectivity index is 1.33. The SMILES string of the molecule is c1ccc2c(c1)Oc1cc3c4c5c1B2c1cc2ccccc2c2c1N5c1c(cc5ccccc5c1O2)B4c1ccccc1O3. The first-order valence-corrected chi connectivity index (χ1v) is 15.2. The maximum absolute atomic E-state index is 7.23. The normalized spacial score (nSPS) is 14.8. The maximum Gasteiger partial charge on any atom is 0.256 e. The summed E-state index contributed by atoms with van der Waals surface area (Å²) in [5, 5.41) is 4.57. The van der Waals surface area contributed by atoms with E-state index in [2.05, 4.69) is 120 Å². The summed E-state index contributed by atoms with van der Waals surface area (Å²) in [5.74, 6) is 5.32. The molecule has 0 bridgehead atoms. The molecule has 7 aromatic carbocycles. The Bertz CT molecular complexity index is 2360. The van der Waals surface area contributed by atoms with Crippen molar-refractivity contribution in [1.29, 1.82) is 0 Å². The van der Waals surface area contributed by atoms with Crippen LogP contribution in [0.2, 0.25) is 0 Å². The summed E-state index contributed by atoms with van der Waals surface area (Å²) in [6.07, 6.45) is 0. The summed E-state index contributed by atoms with van der Waals surface area (Å²) in [7, 11) is 0. The highest BCUT2D eigenvalue weighted by Crippen LogP contribution is 2.57. The van der Waals surface area contributed by atoms with Crippen molar-refractivity contribution < 1.29 is 14.2 Å². The minimum absolute atomic E-state index is 0.00478. The number of fused-ring (bicyclic) bond motifs is 10. The van der Waals surface area contributed by atoms with E-state index in [4.69, 9.17) is 14.2 Å². The predicted molar refractivity (Wildman–Crippen MR) is 179 cm³/mol. The zero-order valence-corrected chi connectivity index (χ0v) is 23.3. The van der Waals surface area contributed by atoms with Crippen LogP contribution in [0.5, 0.6) is 34.5 Å². The Morgan fingerprint density at radius 3 is 1.43 bits per heavy atom. The third kappa shape index (κ3) is 2.38. The van der Waals surface area contributed by atoms with Crippen LogP contribution < -0.4 is 51.9 Å². The van der Waals surface area contributed by atoms with E-state index in [1.807, 2.05) is 0 Å². The van der Waals surface area contributed by atoms with Crippen molar-refractivity contribution in [2.24, 2.45) is 0 Å². The molecule has 0 saturated heterocycles. The average molecular weight is 559 g/mol. The quantitative estimate of drug-likeness (QED) is 0.232. The van der Waals surface area contributed by atoms with Gasteiger partial charge >= 0.3 is 0 Å². The first kappa shape index (κ1) is 22.0. The van der Waals surface area contributed by atoms with Gasteiger partial charge in [-0.1, -0.05) is 97.1 Å². The van der Waals surface area contributed by atoms with Crippen molar-refractivity contribution in [3.05, 3.63) is 115 Å². The van der Waals surface area contributed by atoms with Gasteiger partial charge in [-0.2, -0.15) is 0 Å². The minimum Gasteiger partial charge on any atom is -0.458 e. The average Bonchev–Trinajstić information content (AvgIpc) is 3.07. The standard InChI is InChI=1S/C38H19B2NO3/c1-3-11-22-20(9-1)17-26-34-37(22)44-38-23-12-4-2-10-21(23)18-27-35(38)41(34)36-32-30(42-28-15-7-5-13-24(28)39(26)32)19-31-33(36)40(27)25-14-6-8-16-29(25)43-31/h1-19H.